The number of carbonyl (C=O) groups excluding carboxylic acids is 2. The monoisotopic (exact) mass is 250 g/mol. The first kappa shape index (κ1) is 12.2. The molecule has 0 saturated carbocycles. The fraction of sp³-hybridized carbons (Fsp3) is 0.385. The van der Waals surface area contributed by atoms with Crippen LogP contribution in [-0.2, 0) is 16.0 Å². The zero-order chi connectivity index (χ0) is 12.4. The van der Waals surface area contributed by atoms with Gasteiger partial charge in [-0.05, 0) is 31.9 Å². The predicted molar refractivity (Wildman–Crippen MR) is 66.4 cm³/mol. The average Bonchev–Trinajstić information content (AvgIpc) is 2.71. The lowest BCUT2D eigenvalue weighted by atomic mass is 10.1. The van der Waals surface area contributed by atoms with Crippen LogP contribution in [0.3, 0.4) is 0 Å². The maximum absolute atomic E-state index is 11.6. The van der Waals surface area contributed by atoms with Crippen molar-refractivity contribution in [1.82, 2.24) is 0 Å². The summed E-state index contributed by atoms with van der Waals surface area (Å²) in [6.45, 7) is 3.76. The number of Topliss-reactive ketones (excluding diaryl/α,β-unsaturated/α-hetero) is 1. The van der Waals surface area contributed by atoms with Gasteiger partial charge in [0.15, 0.2) is 5.78 Å². The maximum atomic E-state index is 11.6. The standard InChI is InChI=1S/C13H14O3S/c1-3-16-13(15)12-7-10-5-4-9(8(2)14)6-11(10)17-12/h4-6,12H,3,7H2,1-2H3. The first-order valence-electron chi connectivity index (χ1n) is 5.59. The van der Waals surface area contributed by atoms with Crippen LogP contribution in [0.5, 0.6) is 0 Å². The minimum atomic E-state index is -0.168. The summed E-state index contributed by atoms with van der Waals surface area (Å²) < 4.78 is 5.01. The van der Waals surface area contributed by atoms with E-state index >= 15 is 0 Å². The molecule has 0 N–H and O–H groups in total. The van der Waals surface area contributed by atoms with Gasteiger partial charge in [0.25, 0.3) is 0 Å². The molecular formula is C13H14O3S. The fourth-order valence-corrected chi connectivity index (χ4v) is 3.04. The third-order valence-corrected chi connectivity index (χ3v) is 3.98. The summed E-state index contributed by atoms with van der Waals surface area (Å²) in [6.07, 6.45) is 0.691. The van der Waals surface area contributed by atoms with E-state index in [1.165, 1.54) is 11.8 Å². The molecule has 1 unspecified atom stereocenters. The van der Waals surface area contributed by atoms with Gasteiger partial charge >= 0.3 is 5.97 Å². The van der Waals surface area contributed by atoms with Crippen LogP contribution in [0.15, 0.2) is 23.1 Å². The number of ether oxygens (including phenoxy) is 1. The molecule has 1 aliphatic heterocycles. The Kier molecular flexibility index (Phi) is 3.52. The van der Waals surface area contributed by atoms with Crippen LogP contribution in [0.1, 0.15) is 29.8 Å². The molecule has 0 aliphatic carbocycles. The molecule has 1 aromatic rings. The van der Waals surface area contributed by atoms with Crippen molar-refractivity contribution in [3.05, 3.63) is 29.3 Å². The van der Waals surface area contributed by atoms with Gasteiger partial charge in [-0.15, -0.1) is 11.8 Å². The highest BCUT2D eigenvalue weighted by Gasteiger charge is 2.29. The second kappa shape index (κ2) is 4.92. The van der Waals surface area contributed by atoms with Crippen LogP contribution < -0.4 is 0 Å². The van der Waals surface area contributed by atoms with Gasteiger partial charge in [0.2, 0.25) is 0 Å². The van der Waals surface area contributed by atoms with Crippen molar-refractivity contribution in [2.75, 3.05) is 6.61 Å². The second-order valence-electron chi connectivity index (χ2n) is 3.94. The number of thioether (sulfide) groups is 1. The molecule has 0 radical (unpaired) electrons. The molecule has 90 valence electrons. The van der Waals surface area contributed by atoms with Crippen LogP contribution in [0.25, 0.3) is 0 Å². The zero-order valence-electron chi connectivity index (χ0n) is 9.86. The van der Waals surface area contributed by atoms with Crippen molar-refractivity contribution in [3.63, 3.8) is 0 Å². The van der Waals surface area contributed by atoms with Crippen molar-refractivity contribution < 1.29 is 14.3 Å². The van der Waals surface area contributed by atoms with Gasteiger partial charge in [-0.3, -0.25) is 9.59 Å². The van der Waals surface area contributed by atoms with Gasteiger partial charge in [0.05, 0.1) is 6.61 Å². The molecule has 1 atom stereocenters. The largest absolute Gasteiger partial charge is 0.465 e. The number of benzene rings is 1. The minimum absolute atomic E-state index is 0.0491. The lowest BCUT2D eigenvalue weighted by Gasteiger charge is -2.06. The van der Waals surface area contributed by atoms with Crippen LogP contribution in [-0.4, -0.2) is 23.6 Å². The van der Waals surface area contributed by atoms with E-state index in [2.05, 4.69) is 0 Å². The van der Waals surface area contributed by atoms with E-state index in [9.17, 15) is 9.59 Å². The molecule has 2 rings (SSSR count). The van der Waals surface area contributed by atoms with Gasteiger partial charge < -0.3 is 4.74 Å². The smallest absolute Gasteiger partial charge is 0.319 e. The summed E-state index contributed by atoms with van der Waals surface area (Å²) in [5, 5.41) is -0.160. The molecule has 1 aromatic carbocycles. The van der Waals surface area contributed by atoms with Crippen molar-refractivity contribution in [2.45, 2.75) is 30.4 Å². The van der Waals surface area contributed by atoms with E-state index in [-0.39, 0.29) is 17.0 Å². The normalized spacial score (nSPS) is 17.6. The number of carbonyl (C=O) groups is 2. The number of hydrogen-bond acceptors (Lipinski definition) is 4. The minimum Gasteiger partial charge on any atom is -0.465 e. The van der Waals surface area contributed by atoms with Gasteiger partial charge in [-0.2, -0.15) is 0 Å². The molecule has 0 spiro atoms. The first-order chi connectivity index (χ1) is 8.11. The summed E-state index contributed by atoms with van der Waals surface area (Å²) in [4.78, 5) is 23.9. The van der Waals surface area contributed by atoms with Gasteiger partial charge in [-0.25, -0.2) is 0 Å². The Morgan fingerprint density at radius 1 is 1.47 bits per heavy atom. The van der Waals surface area contributed by atoms with Crippen molar-refractivity contribution in [2.24, 2.45) is 0 Å². The van der Waals surface area contributed by atoms with Crippen LogP contribution in [0.4, 0.5) is 0 Å². The molecule has 0 fully saturated rings. The van der Waals surface area contributed by atoms with Crippen LogP contribution in [0, 0.1) is 0 Å². The van der Waals surface area contributed by atoms with Crippen molar-refractivity contribution in [1.29, 1.82) is 0 Å². The highest BCUT2D eigenvalue weighted by atomic mass is 32.2. The summed E-state index contributed by atoms with van der Waals surface area (Å²) in [5.41, 5.74) is 1.82. The third kappa shape index (κ3) is 2.52. The topological polar surface area (TPSA) is 43.4 Å². The Bertz CT molecular complexity index is 468. The van der Waals surface area contributed by atoms with Gasteiger partial charge in [0.1, 0.15) is 5.25 Å². The van der Waals surface area contributed by atoms with E-state index in [0.717, 1.165) is 10.5 Å². The summed E-state index contributed by atoms with van der Waals surface area (Å²) in [6, 6.07) is 5.61. The Balaban J connectivity index is 2.16. The van der Waals surface area contributed by atoms with E-state index in [4.69, 9.17) is 4.74 Å². The van der Waals surface area contributed by atoms with Crippen LogP contribution >= 0.6 is 11.8 Å². The average molecular weight is 250 g/mol. The Labute approximate surface area is 105 Å². The Morgan fingerprint density at radius 2 is 2.24 bits per heavy atom. The lowest BCUT2D eigenvalue weighted by molar-refractivity contribution is -0.142. The van der Waals surface area contributed by atoms with E-state index in [1.807, 2.05) is 18.2 Å². The van der Waals surface area contributed by atoms with Crippen LogP contribution in [0.2, 0.25) is 0 Å². The third-order valence-electron chi connectivity index (χ3n) is 2.70. The summed E-state index contributed by atoms with van der Waals surface area (Å²) >= 11 is 1.49. The molecule has 17 heavy (non-hydrogen) atoms. The molecule has 1 aliphatic rings. The molecule has 4 heteroatoms. The summed E-state index contributed by atoms with van der Waals surface area (Å²) in [5.74, 6) is -0.119. The van der Waals surface area contributed by atoms with E-state index in [1.54, 1.807) is 13.8 Å². The fourth-order valence-electron chi connectivity index (χ4n) is 1.81. The zero-order valence-corrected chi connectivity index (χ0v) is 10.7. The highest BCUT2D eigenvalue weighted by Crippen LogP contribution is 2.38. The van der Waals surface area contributed by atoms with Crippen molar-refractivity contribution in [3.8, 4) is 0 Å². The van der Waals surface area contributed by atoms with Gasteiger partial charge in [0, 0.05) is 10.5 Å². The molecule has 0 bridgehead atoms. The van der Waals surface area contributed by atoms with E-state index in [0.29, 0.717) is 18.6 Å². The first-order valence-corrected chi connectivity index (χ1v) is 6.47. The number of esters is 1. The number of hydrogen-bond donors (Lipinski definition) is 0. The molecule has 0 aromatic heterocycles. The Hall–Kier alpha value is -1.29. The van der Waals surface area contributed by atoms with Gasteiger partial charge in [-0.1, -0.05) is 12.1 Å². The highest BCUT2D eigenvalue weighted by molar-refractivity contribution is 8.01. The summed E-state index contributed by atoms with van der Waals surface area (Å²) in [7, 11) is 0. The molecular weight excluding hydrogens is 236 g/mol. The lowest BCUT2D eigenvalue weighted by Crippen LogP contribution is -2.19. The molecule has 1 heterocycles. The number of fused-ring (bicyclic) bond motifs is 1. The number of rotatable bonds is 3. The second-order valence-corrected chi connectivity index (χ2v) is 5.19. The maximum Gasteiger partial charge on any atom is 0.319 e. The molecule has 0 amide bonds. The quantitative estimate of drug-likeness (QED) is 0.610. The Morgan fingerprint density at radius 3 is 2.88 bits per heavy atom. The van der Waals surface area contributed by atoms with E-state index < -0.39 is 0 Å². The molecule has 3 nitrogen and oxygen atoms in total. The SMILES string of the molecule is CCOC(=O)C1Cc2ccc(C(C)=O)cc2S1. The predicted octanol–water partition coefficient (Wildman–Crippen LogP) is 2.47. The number of ketones is 1. The molecule has 0 saturated heterocycles. The van der Waals surface area contributed by atoms with Crippen molar-refractivity contribution >= 4 is 23.5 Å².